The molecule has 8 aliphatic rings. The van der Waals surface area contributed by atoms with Crippen LogP contribution in [0.4, 0.5) is 26.3 Å². The number of carbonyl (C=O) groups excluding carboxylic acids is 4. The third kappa shape index (κ3) is 7.09. The number of halogens is 6. The molecule has 4 atom stereocenters. The molecule has 6 aliphatic carbocycles. The number of carbonyl (C=O) groups is 4. The number of rotatable bonds is 3. The minimum Gasteiger partial charge on any atom is -0.466 e. The Morgan fingerprint density at radius 2 is 1.25 bits per heavy atom. The smallest absolute Gasteiger partial charge is 0.426 e. The third-order valence-electron chi connectivity index (χ3n) is 11.0. The predicted molar refractivity (Wildman–Crippen MR) is 157 cm³/mol. The molecule has 0 amide bonds. The summed E-state index contributed by atoms with van der Waals surface area (Å²) in [5, 5.41) is 0. The largest absolute Gasteiger partial charge is 0.466 e. The summed E-state index contributed by atoms with van der Waals surface area (Å²) < 4.78 is 95.1. The number of hydrogen-bond donors (Lipinski definition) is 0. The van der Waals surface area contributed by atoms with E-state index in [9.17, 15) is 45.5 Å². The highest BCUT2D eigenvalue weighted by molar-refractivity contribution is 6.04. The summed E-state index contributed by atoms with van der Waals surface area (Å²) in [5.74, 6) is -0.687. The van der Waals surface area contributed by atoms with Crippen LogP contribution < -0.4 is 0 Å². The molecule has 6 saturated carbocycles. The molecule has 0 N–H and O–H groups in total. The average Bonchev–Trinajstić information content (AvgIpc) is 3.64. The molecule has 1 saturated heterocycles. The van der Waals surface area contributed by atoms with Gasteiger partial charge >= 0.3 is 36.2 Å². The lowest BCUT2D eigenvalue weighted by atomic mass is 9.50. The topological polar surface area (TPSA) is 105 Å². The van der Waals surface area contributed by atoms with E-state index in [1.54, 1.807) is 13.8 Å². The van der Waals surface area contributed by atoms with Crippen molar-refractivity contribution in [2.45, 2.75) is 102 Å². The van der Waals surface area contributed by atoms with E-state index in [0.717, 1.165) is 24.0 Å². The van der Waals surface area contributed by atoms with Crippen molar-refractivity contribution >= 4 is 23.9 Å². The fourth-order valence-electron chi connectivity index (χ4n) is 8.92. The minimum atomic E-state index is -5.38. The second-order valence-corrected chi connectivity index (χ2v) is 14.2. The van der Waals surface area contributed by atoms with Crippen molar-refractivity contribution < 1.29 is 64.5 Å². The van der Waals surface area contributed by atoms with Crippen molar-refractivity contribution in [3.63, 3.8) is 0 Å². The standard InChI is InChI=1S/C15H22O2.C10H10F6O.C5H8O2.C4H2O3/c1-9(2)14(16)17-15(3)12-5-10-4-11(7-12)8-13(15)6-10;11-9(12,13)8(10(14,15)16)6-4-1-2-5(3-4)7(6)17-8;1-4(2)5(6)7-3;5-3-1-2-4(6)7-3/h10-13H,1,4-8H2,2-3H3;4-7H,1-3H2;1H2,2-3H3;1-2H. The molecule has 0 aromatic heterocycles. The van der Waals surface area contributed by atoms with Gasteiger partial charge in [-0.1, -0.05) is 13.2 Å². The van der Waals surface area contributed by atoms with Gasteiger partial charge in [0, 0.05) is 29.2 Å². The van der Waals surface area contributed by atoms with Crippen LogP contribution in [-0.4, -0.2) is 60.6 Å². The van der Waals surface area contributed by atoms with Crippen LogP contribution in [0.2, 0.25) is 0 Å². The van der Waals surface area contributed by atoms with E-state index in [2.05, 4.69) is 34.3 Å². The lowest BCUT2D eigenvalue weighted by Gasteiger charge is -2.59. The van der Waals surface area contributed by atoms with Gasteiger partial charge in [0.2, 0.25) is 0 Å². The van der Waals surface area contributed by atoms with Crippen molar-refractivity contribution in [1.82, 2.24) is 0 Å². The Morgan fingerprint density at radius 3 is 1.58 bits per heavy atom. The molecule has 6 bridgehead atoms. The summed E-state index contributed by atoms with van der Waals surface area (Å²) in [6.45, 7) is 12.6. The molecule has 0 radical (unpaired) electrons. The summed E-state index contributed by atoms with van der Waals surface area (Å²) in [5.41, 5.74) is -3.14. The van der Waals surface area contributed by atoms with Crippen LogP contribution in [0, 0.1) is 41.4 Å². The Bertz CT molecular complexity index is 1290. The first kappa shape index (κ1) is 37.7. The van der Waals surface area contributed by atoms with E-state index in [-0.39, 0.29) is 23.5 Å². The number of cyclic esters (lactones) is 2. The van der Waals surface area contributed by atoms with E-state index in [0.29, 0.717) is 42.2 Å². The maximum absolute atomic E-state index is 12.8. The Morgan fingerprint density at radius 1 is 0.792 bits per heavy atom. The normalized spacial score (nSPS) is 35.7. The molecule has 0 aromatic rings. The second kappa shape index (κ2) is 13.6. The third-order valence-corrected chi connectivity index (χ3v) is 11.0. The highest BCUT2D eigenvalue weighted by atomic mass is 19.4. The van der Waals surface area contributed by atoms with Gasteiger partial charge in [-0.2, -0.15) is 26.3 Å². The summed E-state index contributed by atoms with van der Waals surface area (Å²) in [4.78, 5) is 41.9. The number of esters is 4. The number of alkyl halides is 6. The minimum absolute atomic E-state index is 0.108. The van der Waals surface area contributed by atoms with E-state index in [4.69, 9.17) is 4.74 Å². The number of methoxy groups -OCH3 is 1. The zero-order valence-corrected chi connectivity index (χ0v) is 27.4. The predicted octanol–water partition coefficient (Wildman–Crippen LogP) is 6.98. The summed E-state index contributed by atoms with van der Waals surface area (Å²) >= 11 is 0. The number of ether oxygens (including phenoxy) is 4. The monoisotopic (exact) mass is 692 g/mol. The fourth-order valence-corrected chi connectivity index (χ4v) is 8.92. The average molecular weight is 693 g/mol. The van der Waals surface area contributed by atoms with Crippen LogP contribution in [0.15, 0.2) is 36.5 Å². The van der Waals surface area contributed by atoms with Gasteiger partial charge in [0.25, 0.3) is 5.60 Å². The van der Waals surface area contributed by atoms with Crippen molar-refractivity contribution in [3.05, 3.63) is 36.5 Å². The molecular formula is C34H42F6O8. The van der Waals surface area contributed by atoms with Crippen LogP contribution >= 0.6 is 0 Å². The van der Waals surface area contributed by atoms with Crippen molar-refractivity contribution in [2.75, 3.05) is 7.11 Å². The summed E-state index contributed by atoms with van der Waals surface area (Å²) in [7, 11) is 1.33. The first-order chi connectivity index (χ1) is 22.1. The van der Waals surface area contributed by atoms with Crippen molar-refractivity contribution in [1.29, 1.82) is 0 Å². The lowest BCUT2D eigenvalue weighted by Crippen LogP contribution is -2.75. The van der Waals surface area contributed by atoms with E-state index >= 15 is 0 Å². The molecule has 4 unspecified atom stereocenters. The highest BCUT2D eigenvalue weighted by Crippen LogP contribution is 2.69. The molecule has 2 heterocycles. The zero-order valence-electron chi connectivity index (χ0n) is 27.4. The van der Waals surface area contributed by atoms with Gasteiger partial charge in [-0.15, -0.1) is 0 Å². The SMILES string of the molecule is C=C(C)C(=O)OC.C=C(C)C(=O)OC1(C)C2CC3CC(C2)CC1C3.FC(F)(F)C1(C(F)(F)F)OC2C3CCC(C3)C21.O=C1C=CC(=O)O1. The molecule has 0 spiro atoms. The highest BCUT2D eigenvalue weighted by Gasteiger charge is 2.86. The lowest BCUT2D eigenvalue weighted by molar-refractivity contribution is -0.470. The molecule has 8 nitrogen and oxygen atoms in total. The van der Waals surface area contributed by atoms with Crippen molar-refractivity contribution in [2.24, 2.45) is 41.4 Å². The van der Waals surface area contributed by atoms with Crippen LogP contribution in [0.1, 0.15) is 72.1 Å². The molecule has 8 rings (SSSR count). The van der Waals surface area contributed by atoms with Crippen LogP contribution in [0.5, 0.6) is 0 Å². The van der Waals surface area contributed by atoms with Gasteiger partial charge in [-0.25, -0.2) is 19.2 Å². The number of fused-ring (bicyclic) bond motifs is 5. The zero-order chi connectivity index (χ0) is 36.0. The van der Waals surface area contributed by atoms with E-state index < -0.39 is 47.8 Å². The molecule has 48 heavy (non-hydrogen) atoms. The Kier molecular flexibility index (Phi) is 10.7. The van der Waals surface area contributed by atoms with Gasteiger partial charge in [0.15, 0.2) is 0 Å². The molecular weight excluding hydrogens is 650 g/mol. The summed E-state index contributed by atoms with van der Waals surface area (Å²) in [6.07, 6.45) is -1.31. The van der Waals surface area contributed by atoms with Crippen LogP contribution in [-0.2, 0) is 38.1 Å². The van der Waals surface area contributed by atoms with Gasteiger partial charge in [0.05, 0.1) is 13.2 Å². The van der Waals surface area contributed by atoms with E-state index in [1.807, 2.05) is 0 Å². The maximum atomic E-state index is 12.8. The molecule has 2 aliphatic heterocycles. The quantitative estimate of drug-likeness (QED) is 0.103. The fraction of sp³-hybridized carbons (Fsp3) is 0.706. The first-order valence-electron chi connectivity index (χ1n) is 16.0. The Hall–Kier alpha value is -3.16. The number of hydrogen-bond acceptors (Lipinski definition) is 8. The Labute approximate surface area is 275 Å². The molecule has 0 aromatic carbocycles. The molecule has 7 fully saturated rings. The van der Waals surface area contributed by atoms with Gasteiger partial charge in [0.1, 0.15) is 5.60 Å². The summed E-state index contributed by atoms with van der Waals surface area (Å²) in [6, 6.07) is 0. The molecule has 14 heteroatoms. The van der Waals surface area contributed by atoms with Crippen LogP contribution in [0.25, 0.3) is 0 Å². The first-order valence-corrected chi connectivity index (χ1v) is 16.0. The Balaban J connectivity index is 0.000000157. The van der Waals surface area contributed by atoms with Gasteiger partial charge in [-0.05, 0) is 108 Å². The molecule has 268 valence electrons. The van der Waals surface area contributed by atoms with Crippen LogP contribution in [0.3, 0.4) is 0 Å². The second-order valence-electron chi connectivity index (χ2n) is 14.2. The van der Waals surface area contributed by atoms with E-state index in [1.165, 1.54) is 39.2 Å². The van der Waals surface area contributed by atoms with Crippen molar-refractivity contribution in [3.8, 4) is 0 Å². The maximum Gasteiger partial charge on any atom is 0.426 e. The van der Waals surface area contributed by atoms with Gasteiger partial charge in [-0.3, -0.25) is 0 Å². The van der Waals surface area contributed by atoms with Gasteiger partial charge < -0.3 is 18.9 Å².